The normalized spacial score (nSPS) is 18.6. The summed E-state index contributed by atoms with van der Waals surface area (Å²) in [6.45, 7) is 3.40. The van der Waals surface area contributed by atoms with Crippen molar-refractivity contribution in [3.63, 3.8) is 0 Å². The van der Waals surface area contributed by atoms with E-state index in [9.17, 15) is 10.1 Å². The molecule has 0 unspecified atom stereocenters. The first kappa shape index (κ1) is 17.0. The van der Waals surface area contributed by atoms with Crippen LogP contribution in [0.4, 0.5) is 0 Å². The maximum atomic E-state index is 12.8. The Morgan fingerprint density at radius 1 is 1.16 bits per heavy atom. The molecule has 0 aliphatic carbocycles. The first-order valence-electron chi connectivity index (χ1n) is 8.70. The zero-order chi connectivity index (χ0) is 17.6. The number of carbonyl (C=O) groups is 1. The van der Waals surface area contributed by atoms with Crippen molar-refractivity contribution in [2.75, 3.05) is 13.1 Å². The second-order valence-electron chi connectivity index (χ2n) is 6.54. The van der Waals surface area contributed by atoms with Crippen molar-refractivity contribution in [1.82, 2.24) is 4.90 Å². The number of benzene rings is 2. The Morgan fingerprint density at radius 3 is 2.44 bits per heavy atom. The molecule has 1 aliphatic heterocycles. The Labute approximate surface area is 149 Å². The molecule has 2 atom stereocenters. The number of likely N-dealkylation sites (tertiary alicyclic amines) is 1. The number of amides is 1. The lowest BCUT2D eigenvalue weighted by Crippen LogP contribution is -2.29. The molecular formula is C22H22N2O. The minimum Gasteiger partial charge on any atom is -0.337 e. The fourth-order valence-corrected chi connectivity index (χ4v) is 3.37. The highest BCUT2D eigenvalue weighted by Gasteiger charge is 2.29. The topological polar surface area (TPSA) is 44.1 Å². The van der Waals surface area contributed by atoms with Crippen LogP contribution < -0.4 is 0 Å². The summed E-state index contributed by atoms with van der Waals surface area (Å²) in [6, 6.07) is 22.3. The molecule has 2 aromatic rings. The van der Waals surface area contributed by atoms with Crippen LogP contribution in [0, 0.1) is 11.3 Å². The average molecular weight is 330 g/mol. The smallest absolute Gasteiger partial charge is 0.264 e. The Bertz CT molecular complexity index is 790. The van der Waals surface area contributed by atoms with Gasteiger partial charge in [0, 0.05) is 24.9 Å². The van der Waals surface area contributed by atoms with E-state index in [-0.39, 0.29) is 17.4 Å². The molecule has 3 heteroatoms. The van der Waals surface area contributed by atoms with Gasteiger partial charge in [0.05, 0.1) is 0 Å². The second kappa shape index (κ2) is 7.81. The van der Waals surface area contributed by atoms with Crippen LogP contribution in [0.5, 0.6) is 0 Å². The van der Waals surface area contributed by atoms with Gasteiger partial charge in [0.2, 0.25) is 0 Å². The van der Waals surface area contributed by atoms with Crippen molar-refractivity contribution in [2.45, 2.75) is 25.2 Å². The second-order valence-corrected chi connectivity index (χ2v) is 6.54. The molecule has 1 fully saturated rings. The van der Waals surface area contributed by atoms with Crippen LogP contribution in [-0.2, 0) is 4.79 Å². The molecule has 1 amide bonds. The van der Waals surface area contributed by atoms with Crippen LogP contribution in [0.1, 0.15) is 36.3 Å². The van der Waals surface area contributed by atoms with Crippen LogP contribution in [0.2, 0.25) is 0 Å². The summed E-state index contributed by atoms with van der Waals surface area (Å²) in [5.74, 6) is 0.243. The zero-order valence-electron chi connectivity index (χ0n) is 14.4. The number of allylic oxidation sites excluding steroid dienone is 1. The van der Waals surface area contributed by atoms with Gasteiger partial charge in [-0.15, -0.1) is 0 Å². The molecule has 126 valence electrons. The lowest BCUT2D eigenvalue weighted by molar-refractivity contribution is -0.125. The molecule has 0 spiro atoms. The van der Waals surface area contributed by atoms with Crippen molar-refractivity contribution in [3.8, 4) is 6.07 Å². The molecule has 1 heterocycles. The van der Waals surface area contributed by atoms with Crippen molar-refractivity contribution >= 4 is 5.91 Å². The standard InChI is InChI=1S/C22H22N2O/c1-17(18-8-4-2-5-9-18)14-21(15-23)22(25)24-13-12-20(16-24)19-10-6-3-7-11-19/h2-11,14,17,20H,12-13,16H2,1H3/b21-14+/t17-,20+/m1/s1. The highest BCUT2D eigenvalue weighted by Crippen LogP contribution is 2.28. The predicted molar refractivity (Wildman–Crippen MR) is 98.9 cm³/mol. The number of nitrogens with zero attached hydrogens (tertiary/aromatic N) is 2. The van der Waals surface area contributed by atoms with Gasteiger partial charge in [0.1, 0.15) is 11.6 Å². The van der Waals surface area contributed by atoms with Gasteiger partial charge in [-0.1, -0.05) is 73.7 Å². The Morgan fingerprint density at radius 2 is 1.80 bits per heavy atom. The third-order valence-corrected chi connectivity index (χ3v) is 4.84. The predicted octanol–water partition coefficient (Wildman–Crippen LogP) is 4.26. The quantitative estimate of drug-likeness (QED) is 0.621. The van der Waals surface area contributed by atoms with Crippen LogP contribution >= 0.6 is 0 Å². The molecule has 0 saturated carbocycles. The minimum absolute atomic E-state index is 0.0346. The highest BCUT2D eigenvalue weighted by atomic mass is 16.2. The summed E-state index contributed by atoms with van der Waals surface area (Å²) in [7, 11) is 0. The SMILES string of the molecule is C[C@H](/C=C(\C#N)C(=O)N1CC[C@H](c2ccccc2)C1)c1ccccc1. The van der Waals surface area contributed by atoms with Gasteiger partial charge in [-0.05, 0) is 17.5 Å². The molecule has 1 aliphatic rings. The van der Waals surface area contributed by atoms with E-state index in [1.807, 2.05) is 60.4 Å². The summed E-state index contributed by atoms with van der Waals surface area (Å²) >= 11 is 0. The number of hydrogen-bond acceptors (Lipinski definition) is 2. The number of nitriles is 1. The van der Waals surface area contributed by atoms with Crippen molar-refractivity contribution in [3.05, 3.63) is 83.4 Å². The first-order valence-corrected chi connectivity index (χ1v) is 8.70. The van der Waals surface area contributed by atoms with Crippen molar-refractivity contribution in [1.29, 1.82) is 5.26 Å². The molecular weight excluding hydrogens is 308 g/mol. The monoisotopic (exact) mass is 330 g/mol. The summed E-state index contributed by atoms with van der Waals surface area (Å²) < 4.78 is 0. The molecule has 0 aromatic heterocycles. The summed E-state index contributed by atoms with van der Waals surface area (Å²) in [5.41, 5.74) is 2.61. The van der Waals surface area contributed by atoms with Gasteiger partial charge in [-0.25, -0.2) is 0 Å². The van der Waals surface area contributed by atoms with Gasteiger partial charge in [0.15, 0.2) is 0 Å². The fraction of sp³-hybridized carbons (Fsp3) is 0.273. The lowest BCUT2D eigenvalue weighted by atomic mass is 9.98. The zero-order valence-corrected chi connectivity index (χ0v) is 14.4. The van der Waals surface area contributed by atoms with Crippen molar-refractivity contribution in [2.24, 2.45) is 0 Å². The molecule has 0 radical (unpaired) electrons. The molecule has 3 rings (SSSR count). The maximum absolute atomic E-state index is 12.8. The summed E-state index contributed by atoms with van der Waals surface area (Å²) in [6.07, 6.45) is 2.73. The van der Waals surface area contributed by atoms with Gasteiger partial charge in [-0.2, -0.15) is 5.26 Å². The molecule has 1 saturated heterocycles. The Balaban J connectivity index is 1.71. The van der Waals surface area contributed by atoms with Crippen LogP contribution in [0.25, 0.3) is 0 Å². The average Bonchev–Trinajstić information content (AvgIpc) is 3.17. The van der Waals surface area contributed by atoms with E-state index >= 15 is 0 Å². The third kappa shape index (κ3) is 3.97. The number of rotatable bonds is 4. The van der Waals surface area contributed by atoms with Crippen LogP contribution in [0.15, 0.2) is 72.3 Å². The molecule has 3 nitrogen and oxygen atoms in total. The van der Waals surface area contributed by atoms with Gasteiger partial charge < -0.3 is 4.90 Å². The van der Waals surface area contributed by atoms with E-state index in [1.54, 1.807) is 6.08 Å². The molecule has 2 aromatic carbocycles. The Hall–Kier alpha value is -2.86. The van der Waals surface area contributed by atoms with Gasteiger partial charge >= 0.3 is 0 Å². The van der Waals surface area contributed by atoms with E-state index < -0.39 is 0 Å². The molecule has 25 heavy (non-hydrogen) atoms. The van der Waals surface area contributed by atoms with E-state index in [0.717, 1.165) is 12.0 Å². The molecule has 0 N–H and O–H groups in total. The van der Waals surface area contributed by atoms with E-state index in [0.29, 0.717) is 19.0 Å². The number of carbonyl (C=O) groups excluding carboxylic acids is 1. The lowest BCUT2D eigenvalue weighted by Gasteiger charge is -2.17. The van der Waals surface area contributed by atoms with E-state index in [4.69, 9.17) is 0 Å². The molecule has 0 bridgehead atoms. The van der Waals surface area contributed by atoms with Gasteiger partial charge in [0.25, 0.3) is 5.91 Å². The maximum Gasteiger partial charge on any atom is 0.264 e. The van der Waals surface area contributed by atoms with Crippen molar-refractivity contribution < 1.29 is 4.79 Å². The highest BCUT2D eigenvalue weighted by molar-refractivity contribution is 5.97. The largest absolute Gasteiger partial charge is 0.337 e. The third-order valence-electron chi connectivity index (χ3n) is 4.84. The summed E-state index contributed by atoms with van der Waals surface area (Å²) in [5, 5.41) is 9.47. The summed E-state index contributed by atoms with van der Waals surface area (Å²) in [4.78, 5) is 14.6. The van der Waals surface area contributed by atoms with Crippen LogP contribution in [0.3, 0.4) is 0 Å². The Kier molecular flexibility index (Phi) is 5.30. The fourth-order valence-electron chi connectivity index (χ4n) is 3.37. The van der Waals surface area contributed by atoms with E-state index in [2.05, 4.69) is 18.2 Å². The van der Waals surface area contributed by atoms with Crippen LogP contribution in [-0.4, -0.2) is 23.9 Å². The first-order chi connectivity index (χ1) is 12.2. The number of hydrogen-bond donors (Lipinski definition) is 0. The van der Waals surface area contributed by atoms with E-state index in [1.165, 1.54) is 5.56 Å². The minimum atomic E-state index is -0.149. The van der Waals surface area contributed by atoms with Gasteiger partial charge in [-0.3, -0.25) is 4.79 Å².